The van der Waals surface area contributed by atoms with Crippen molar-refractivity contribution in [2.45, 2.75) is 19.4 Å². The number of halogens is 1. The number of aliphatic hydroxyl groups excluding tert-OH is 1. The van der Waals surface area contributed by atoms with Gasteiger partial charge in [0, 0.05) is 28.5 Å². The number of aliphatic hydroxyl groups is 1. The zero-order valence-electron chi connectivity index (χ0n) is 21.2. The van der Waals surface area contributed by atoms with Crippen LogP contribution in [0.1, 0.15) is 29.7 Å². The molecule has 39 heavy (non-hydrogen) atoms. The van der Waals surface area contributed by atoms with E-state index in [2.05, 4.69) is 16.4 Å². The third-order valence-corrected chi connectivity index (χ3v) is 6.53. The van der Waals surface area contributed by atoms with Gasteiger partial charge in [0.2, 0.25) is 5.88 Å². The summed E-state index contributed by atoms with van der Waals surface area (Å²) < 4.78 is 21.9. The minimum Gasteiger partial charge on any atom is -0.438 e. The van der Waals surface area contributed by atoms with Crippen molar-refractivity contribution in [3.8, 4) is 28.6 Å². The molecular formula is C32H25FN4O2. The van der Waals surface area contributed by atoms with E-state index in [1.165, 1.54) is 18.2 Å². The molecule has 0 aliphatic heterocycles. The fraction of sp³-hybridized carbons (Fsp3) is 0.0938. The summed E-state index contributed by atoms with van der Waals surface area (Å²) in [5.41, 5.74) is 5.68. The molecule has 2 aromatic heterocycles. The van der Waals surface area contributed by atoms with Gasteiger partial charge in [0.05, 0.1) is 23.5 Å². The molecule has 192 valence electrons. The van der Waals surface area contributed by atoms with Gasteiger partial charge >= 0.3 is 0 Å². The topological polar surface area (TPSA) is 73.1 Å². The lowest BCUT2D eigenvalue weighted by molar-refractivity contribution is 0.195. The third kappa shape index (κ3) is 5.26. The predicted octanol–water partition coefficient (Wildman–Crippen LogP) is 7.06. The summed E-state index contributed by atoms with van der Waals surface area (Å²) in [6.07, 6.45) is 1.58. The molecule has 0 saturated carbocycles. The number of aromatic nitrogens is 4. The molecule has 0 saturated heterocycles. The molecule has 0 bridgehead atoms. The second-order valence-electron chi connectivity index (χ2n) is 9.37. The Bertz CT molecular complexity index is 1750. The average molecular weight is 517 g/mol. The van der Waals surface area contributed by atoms with Gasteiger partial charge in [-0.2, -0.15) is 0 Å². The normalized spacial score (nSPS) is 12.0. The predicted molar refractivity (Wildman–Crippen MR) is 148 cm³/mol. The third-order valence-electron chi connectivity index (χ3n) is 6.53. The molecule has 4 aromatic carbocycles. The minimum atomic E-state index is -0.903. The first-order valence-electron chi connectivity index (χ1n) is 12.6. The lowest BCUT2D eigenvalue weighted by Gasteiger charge is -2.16. The average Bonchev–Trinajstić information content (AvgIpc) is 3.45. The van der Waals surface area contributed by atoms with Crippen molar-refractivity contribution in [2.24, 2.45) is 0 Å². The van der Waals surface area contributed by atoms with E-state index in [1.54, 1.807) is 11.6 Å². The molecule has 6 rings (SSSR count). The summed E-state index contributed by atoms with van der Waals surface area (Å²) in [7, 11) is 0. The van der Waals surface area contributed by atoms with Gasteiger partial charge in [0.25, 0.3) is 0 Å². The molecule has 0 aliphatic rings. The number of pyridine rings is 1. The van der Waals surface area contributed by atoms with Gasteiger partial charge in [-0.05, 0) is 55.0 Å². The van der Waals surface area contributed by atoms with E-state index in [0.29, 0.717) is 23.6 Å². The molecule has 1 unspecified atom stereocenters. The number of benzene rings is 4. The van der Waals surface area contributed by atoms with Crippen molar-refractivity contribution in [1.29, 1.82) is 0 Å². The van der Waals surface area contributed by atoms with E-state index >= 15 is 0 Å². The van der Waals surface area contributed by atoms with E-state index < -0.39 is 11.9 Å². The highest BCUT2D eigenvalue weighted by Gasteiger charge is 2.16. The summed E-state index contributed by atoms with van der Waals surface area (Å²) in [5.74, 6) is 0.324. The van der Waals surface area contributed by atoms with Gasteiger partial charge < -0.3 is 9.84 Å². The zero-order valence-corrected chi connectivity index (χ0v) is 21.2. The molecular weight excluding hydrogens is 491 g/mol. The molecule has 7 heteroatoms. The van der Waals surface area contributed by atoms with Gasteiger partial charge in [-0.25, -0.2) is 14.1 Å². The van der Waals surface area contributed by atoms with Crippen LogP contribution in [-0.2, 0) is 6.42 Å². The Kier molecular flexibility index (Phi) is 6.57. The quantitative estimate of drug-likeness (QED) is 0.246. The Hall–Kier alpha value is -4.88. The van der Waals surface area contributed by atoms with Gasteiger partial charge in [-0.15, -0.1) is 5.10 Å². The fourth-order valence-corrected chi connectivity index (χ4v) is 4.54. The van der Waals surface area contributed by atoms with Crippen LogP contribution in [0.2, 0.25) is 0 Å². The fourth-order valence-electron chi connectivity index (χ4n) is 4.54. The maximum atomic E-state index is 13.9. The van der Waals surface area contributed by atoms with E-state index in [4.69, 9.17) is 9.72 Å². The van der Waals surface area contributed by atoms with Crippen LogP contribution in [0.4, 0.5) is 4.39 Å². The van der Waals surface area contributed by atoms with Gasteiger partial charge in [-0.3, -0.25) is 0 Å². The van der Waals surface area contributed by atoms with Crippen LogP contribution in [0, 0.1) is 5.82 Å². The molecule has 1 atom stereocenters. The largest absolute Gasteiger partial charge is 0.438 e. The Morgan fingerprint density at radius 1 is 0.897 bits per heavy atom. The van der Waals surface area contributed by atoms with Gasteiger partial charge in [0.1, 0.15) is 17.3 Å². The lowest BCUT2D eigenvalue weighted by Crippen LogP contribution is -2.02. The van der Waals surface area contributed by atoms with Crippen molar-refractivity contribution in [3.63, 3.8) is 0 Å². The molecule has 0 fully saturated rings. The first kappa shape index (κ1) is 24.5. The number of rotatable bonds is 7. The summed E-state index contributed by atoms with van der Waals surface area (Å²) in [5, 5.41) is 19.8. The molecule has 6 nitrogen and oxygen atoms in total. The molecule has 0 spiro atoms. The van der Waals surface area contributed by atoms with Crippen molar-refractivity contribution >= 4 is 10.9 Å². The van der Waals surface area contributed by atoms with Crippen molar-refractivity contribution in [1.82, 2.24) is 20.0 Å². The number of ether oxygens (including phenoxy) is 1. The molecule has 0 aliphatic carbocycles. The minimum absolute atomic E-state index is 0.360. The van der Waals surface area contributed by atoms with Crippen LogP contribution in [-0.4, -0.2) is 25.1 Å². The summed E-state index contributed by atoms with van der Waals surface area (Å²) >= 11 is 0. The second-order valence-corrected chi connectivity index (χ2v) is 9.37. The van der Waals surface area contributed by atoms with E-state index in [1.807, 2.05) is 85.1 Å². The number of hydrogen-bond donors (Lipinski definition) is 1. The monoisotopic (exact) mass is 516 g/mol. The molecule has 1 N–H and O–H groups in total. The summed E-state index contributed by atoms with van der Waals surface area (Å²) in [6.45, 7) is 1.58. The number of nitrogens with zero attached hydrogens (tertiary/aromatic N) is 4. The maximum absolute atomic E-state index is 13.9. The van der Waals surface area contributed by atoms with E-state index in [0.717, 1.165) is 39.0 Å². The first-order chi connectivity index (χ1) is 19.0. The number of hydrogen-bond acceptors (Lipinski definition) is 5. The van der Waals surface area contributed by atoms with E-state index in [-0.39, 0.29) is 0 Å². The smallest absolute Gasteiger partial charge is 0.223 e. The van der Waals surface area contributed by atoms with Crippen LogP contribution in [0.15, 0.2) is 109 Å². The molecule has 6 aromatic rings. The van der Waals surface area contributed by atoms with Crippen molar-refractivity contribution < 1.29 is 14.2 Å². The van der Waals surface area contributed by atoms with Crippen molar-refractivity contribution in [2.75, 3.05) is 0 Å². The number of fused-ring (bicyclic) bond motifs is 1. The van der Waals surface area contributed by atoms with E-state index in [9.17, 15) is 9.50 Å². The van der Waals surface area contributed by atoms with Gasteiger partial charge in [0.15, 0.2) is 0 Å². The Morgan fingerprint density at radius 2 is 1.67 bits per heavy atom. The molecule has 0 radical (unpaired) electrons. The SMILES string of the molecule is CC(O)c1cc(F)ccc1Oc1nc2ccc(-n3cc(-c4ccccc4)nn3)cc2cc1Cc1ccccc1. The summed E-state index contributed by atoms with van der Waals surface area (Å²) in [6, 6.07) is 32.0. The van der Waals surface area contributed by atoms with Crippen LogP contribution in [0.5, 0.6) is 11.6 Å². The maximum Gasteiger partial charge on any atom is 0.223 e. The molecule has 2 heterocycles. The van der Waals surface area contributed by atoms with Crippen LogP contribution < -0.4 is 4.74 Å². The molecule has 0 amide bonds. The van der Waals surface area contributed by atoms with Crippen molar-refractivity contribution in [3.05, 3.63) is 132 Å². The zero-order chi connectivity index (χ0) is 26.8. The second kappa shape index (κ2) is 10.5. The van der Waals surface area contributed by atoms with Crippen LogP contribution >= 0.6 is 0 Å². The standard InChI is InChI=1S/C32H25FN4O2/c1-21(38)28-19-26(33)12-15-31(28)39-32-25(16-22-8-4-2-5-9-22)17-24-18-27(13-14-29(24)34-32)37-20-30(35-36-37)23-10-6-3-7-11-23/h2-15,17-21,38H,16H2,1H3. The first-order valence-corrected chi connectivity index (χ1v) is 12.6. The van der Waals surface area contributed by atoms with Crippen LogP contribution in [0.3, 0.4) is 0 Å². The summed E-state index contributed by atoms with van der Waals surface area (Å²) in [4.78, 5) is 4.83. The van der Waals surface area contributed by atoms with Crippen LogP contribution in [0.25, 0.3) is 27.8 Å². The Labute approximate surface area is 225 Å². The Balaban J connectivity index is 1.41. The highest BCUT2D eigenvalue weighted by Crippen LogP contribution is 2.34. The lowest BCUT2D eigenvalue weighted by atomic mass is 10.0. The Morgan fingerprint density at radius 3 is 2.44 bits per heavy atom. The van der Waals surface area contributed by atoms with Gasteiger partial charge in [-0.1, -0.05) is 65.9 Å². The highest BCUT2D eigenvalue weighted by atomic mass is 19.1. The highest BCUT2D eigenvalue weighted by molar-refractivity contribution is 5.82.